The van der Waals surface area contributed by atoms with Gasteiger partial charge in [0.1, 0.15) is 11.5 Å². The van der Waals surface area contributed by atoms with Crippen LogP contribution < -0.4 is 14.8 Å². The van der Waals surface area contributed by atoms with Crippen molar-refractivity contribution in [3.05, 3.63) is 36.4 Å². The Kier molecular flexibility index (Phi) is 5.89. The number of benzene rings is 2. The van der Waals surface area contributed by atoms with E-state index in [1.807, 2.05) is 37.3 Å². The molecule has 0 radical (unpaired) electrons. The van der Waals surface area contributed by atoms with E-state index in [0.717, 1.165) is 16.5 Å². The van der Waals surface area contributed by atoms with Crippen LogP contribution in [0.3, 0.4) is 0 Å². The van der Waals surface area contributed by atoms with Gasteiger partial charge in [-0.05, 0) is 55.8 Å². The fourth-order valence-corrected chi connectivity index (χ4v) is 2.27. The van der Waals surface area contributed by atoms with Crippen molar-refractivity contribution in [2.75, 3.05) is 13.7 Å². The van der Waals surface area contributed by atoms with E-state index in [1.54, 1.807) is 19.9 Å². The van der Waals surface area contributed by atoms with E-state index >= 15 is 0 Å². The summed E-state index contributed by atoms with van der Waals surface area (Å²) in [5.41, 5.74) is -0.785. The first-order chi connectivity index (χ1) is 11.9. The zero-order chi connectivity index (χ0) is 18.4. The predicted molar refractivity (Wildman–Crippen MR) is 97.6 cm³/mol. The van der Waals surface area contributed by atoms with Crippen LogP contribution in [0.2, 0.25) is 0 Å². The maximum absolute atomic E-state index is 12.3. The molecule has 5 nitrogen and oxygen atoms in total. The fraction of sp³-hybridized carbons (Fsp3) is 0.350. The summed E-state index contributed by atoms with van der Waals surface area (Å²) in [6.45, 7) is 5.98. The van der Waals surface area contributed by atoms with Crippen LogP contribution >= 0.6 is 0 Å². The molecule has 132 valence electrons. The lowest BCUT2D eigenvalue weighted by Crippen LogP contribution is -2.49. The van der Waals surface area contributed by atoms with Gasteiger partial charge in [0.2, 0.25) is 0 Å². The zero-order valence-corrected chi connectivity index (χ0v) is 15.0. The van der Waals surface area contributed by atoms with Crippen LogP contribution in [-0.2, 0) is 9.53 Å². The molecule has 1 unspecified atom stereocenters. The second-order valence-corrected chi connectivity index (χ2v) is 6.05. The molecule has 0 aliphatic heterocycles. The highest BCUT2D eigenvalue weighted by Gasteiger charge is 2.25. The highest BCUT2D eigenvalue weighted by Crippen LogP contribution is 2.26. The third-order valence-electron chi connectivity index (χ3n) is 3.56. The first kappa shape index (κ1) is 18.6. The van der Waals surface area contributed by atoms with Crippen LogP contribution in [0.1, 0.15) is 20.8 Å². The minimum Gasteiger partial charge on any atom is -0.494 e. The highest BCUT2D eigenvalue weighted by molar-refractivity contribution is 5.85. The summed E-state index contributed by atoms with van der Waals surface area (Å²) in [6, 6.07) is 11.4. The number of hydrogen-bond donors (Lipinski definition) is 1. The molecular formula is C20H23NO4. The Hall–Kier alpha value is -2.71. The van der Waals surface area contributed by atoms with Gasteiger partial charge in [0.25, 0.3) is 12.2 Å². The van der Waals surface area contributed by atoms with E-state index in [9.17, 15) is 4.79 Å². The van der Waals surface area contributed by atoms with Crippen molar-refractivity contribution in [3.63, 3.8) is 0 Å². The summed E-state index contributed by atoms with van der Waals surface area (Å²) < 4.78 is 16.3. The summed E-state index contributed by atoms with van der Waals surface area (Å²) in [5.74, 6) is 3.36. The molecular weight excluding hydrogens is 318 g/mol. The summed E-state index contributed by atoms with van der Waals surface area (Å²) >= 11 is 0. The molecule has 2 aromatic rings. The molecule has 0 aromatic heterocycles. The minimum atomic E-state index is -1.10. The largest absolute Gasteiger partial charge is 0.494 e. The van der Waals surface area contributed by atoms with Crippen LogP contribution in [0.15, 0.2) is 36.4 Å². The van der Waals surface area contributed by atoms with Gasteiger partial charge in [-0.3, -0.25) is 4.79 Å². The maximum atomic E-state index is 12.3. The lowest BCUT2D eigenvalue weighted by molar-refractivity contribution is -0.149. The average molecular weight is 341 g/mol. The number of carbonyl (C=O) groups is 1. The van der Waals surface area contributed by atoms with Gasteiger partial charge >= 0.3 is 0 Å². The number of hydrogen-bond acceptors (Lipinski definition) is 4. The standard InChI is InChI=1S/C20H23NO4/c1-6-20(3,4)21-18(22)19(23-5)25-17-11-9-14-8-10-16(24-7-2)12-15(14)13-17/h1,8-13,19H,7H2,2-5H3,(H,21,22). The molecule has 1 N–H and O–H groups in total. The Morgan fingerprint density at radius 2 is 1.84 bits per heavy atom. The van der Waals surface area contributed by atoms with Crippen molar-refractivity contribution >= 4 is 16.7 Å². The molecule has 25 heavy (non-hydrogen) atoms. The Morgan fingerprint density at radius 1 is 1.20 bits per heavy atom. The molecule has 0 aliphatic carbocycles. The number of carbonyl (C=O) groups excluding carboxylic acids is 1. The van der Waals surface area contributed by atoms with Gasteiger partial charge in [0, 0.05) is 7.11 Å². The van der Waals surface area contributed by atoms with Gasteiger partial charge in [-0.15, -0.1) is 6.42 Å². The molecule has 0 bridgehead atoms. The van der Waals surface area contributed by atoms with Crippen molar-refractivity contribution in [2.45, 2.75) is 32.6 Å². The van der Waals surface area contributed by atoms with Crippen LogP contribution in [0.4, 0.5) is 0 Å². The topological polar surface area (TPSA) is 56.8 Å². The zero-order valence-electron chi connectivity index (χ0n) is 15.0. The summed E-state index contributed by atoms with van der Waals surface area (Å²) in [5, 5.41) is 4.69. The monoisotopic (exact) mass is 341 g/mol. The number of nitrogens with one attached hydrogen (secondary N) is 1. The lowest BCUT2D eigenvalue weighted by atomic mass is 10.1. The molecule has 2 aromatic carbocycles. The van der Waals surface area contributed by atoms with Crippen LogP contribution in [0.25, 0.3) is 10.8 Å². The Morgan fingerprint density at radius 3 is 2.44 bits per heavy atom. The number of ether oxygens (including phenoxy) is 3. The molecule has 0 saturated heterocycles. The number of amides is 1. The first-order valence-electron chi connectivity index (χ1n) is 8.04. The minimum absolute atomic E-state index is 0.436. The number of rotatable bonds is 7. The van der Waals surface area contributed by atoms with Crippen molar-refractivity contribution in [1.29, 1.82) is 0 Å². The predicted octanol–water partition coefficient (Wildman–Crippen LogP) is 3.12. The normalized spacial score (nSPS) is 12.3. The summed E-state index contributed by atoms with van der Waals surface area (Å²) in [6.07, 6.45) is 4.29. The summed E-state index contributed by atoms with van der Waals surface area (Å²) in [4.78, 5) is 12.3. The van der Waals surface area contributed by atoms with Crippen molar-refractivity contribution in [3.8, 4) is 23.8 Å². The molecule has 0 heterocycles. The molecule has 1 amide bonds. The van der Waals surface area contributed by atoms with E-state index in [1.165, 1.54) is 7.11 Å². The maximum Gasteiger partial charge on any atom is 0.290 e. The molecule has 0 saturated carbocycles. The lowest BCUT2D eigenvalue weighted by Gasteiger charge is -2.23. The average Bonchev–Trinajstić information content (AvgIpc) is 2.59. The van der Waals surface area contributed by atoms with Gasteiger partial charge in [0.15, 0.2) is 0 Å². The van der Waals surface area contributed by atoms with E-state index in [2.05, 4.69) is 11.2 Å². The van der Waals surface area contributed by atoms with Crippen LogP contribution in [0, 0.1) is 12.3 Å². The molecule has 2 rings (SSSR count). The fourth-order valence-electron chi connectivity index (χ4n) is 2.27. The van der Waals surface area contributed by atoms with Gasteiger partial charge in [-0.2, -0.15) is 0 Å². The second kappa shape index (κ2) is 7.91. The van der Waals surface area contributed by atoms with E-state index < -0.39 is 17.7 Å². The number of terminal acetylenes is 1. The van der Waals surface area contributed by atoms with Crippen molar-refractivity contribution in [2.24, 2.45) is 0 Å². The first-order valence-corrected chi connectivity index (χ1v) is 8.04. The van der Waals surface area contributed by atoms with Crippen LogP contribution in [0.5, 0.6) is 11.5 Å². The van der Waals surface area contributed by atoms with Gasteiger partial charge in [-0.25, -0.2) is 0 Å². The molecule has 1 atom stereocenters. The van der Waals surface area contributed by atoms with Crippen molar-refractivity contribution < 1.29 is 19.0 Å². The van der Waals surface area contributed by atoms with Gasteiger partial charge < -0.3 is 19.5 Å². The smallest absolute Gasteiger partial charge is 0.290 e. The third kappa shape index (κ3) is 4.88. The Labute approximate surface area is 148 Å². The quantitative estimate of drug-likeness (QED) is 0.621. The summed E-state index contributed by atoms with van der Waals surface area (Å²) in [7, 11) is 1.40. The second-order valence-electron chi connectivity index (χ2n) is 6.05. The SMILES string of the molecule is C#CC(C)(C)NC(=O)C(OC)Oc1ccc2ccc(OCC)cc2c1. The van der Waals surface area contributed by atoms with E-state index in [0.29, 0.717) is 12.4 Å². The molecule has 0 fully saturated rings. The van der Waals surface area contributed by atoms with E-state index in [4.69, 9.17) is 20.6 Å². The van der Waals surface area contributed by atoms with Gasteiger partial charge in [-0.1, -0.05) is 18.1 Å². The highest BCUT2D eigenvalue weighted by atomic mass is 16.7. The molecule has 0 aliphatic rings. The van der Waals surface area contributed by atoms with E-state index in [-0.39, 0.29) is 0 Å². The van der Waals surface area contributed by atoms with Crippen molar-refractivity contribution in [1.82, 2.24) is 5.32 Å². The Balaban J connectivity index is 2.19. The van der Waals surface area contributed by atoms with Gasteiger partial charge in [0.05, 0.1) is 12.1 Å². The third-order valence-corrected chi connectivity index (χ3v) is 3.56. The molecule has 0 spiro atoms. The number of fused-ring (bicyclic) bond motifs is 1. The number of methoxy groups -OCH3 is 1. The van der Waals surface area contributed by atoms with Crippen LogP contribution in [-0.4, -0.2) is 31.5 Å². The Bertz CT molecular complexity index is 792. The molecule has 5 heteroatoms.